The zero-order valence-electron chi connectivity index (χ0n) is 8.01. The van der Waals surface area contributed by atoms with E-state index in [1.807, 2.05) is 0 Å². The third kappa shape index (κ3) is 2.80. The lowest BCUT2D eigenvalue weighted by molar-refractivity contribution is 0.116. The molecule has 1 saturated heterocycles. The predicted molar refractivity (Wildman–Crippen MR) is 48.8 cm³/mol. The minimum atomic E-state index is 0.797. The lowest BCUT2D eigenvalue weighted by Crippen LogP contribution is -2.44. The molecule has 0 bridgehead atoms. The molecule has 2 nitrogen and oxygen atoms in total. The molecule has 1 unspecified atom stereocenters. The van der Waals surface area contributed by atoms with Crippen molar-refractivity contribution in [3.8, 4) is 0 Å². The lowest BCUT2D eigenvalue weighted by Gasteiger charge is -2.36. The fourth-order valence-corrected chi connectivity index (χ4v) is 1.41. The fourth-order valence-electron chi connectivity index (χ4n) is 1.41. The normalized spacial score (nSPS) is 21.8. The van der Waals surface area contributed by atoms with Crippen LogP contribution in [0.15, 0.2) is 0 Å². The highest BCUT2D eigenvalue weighted by atomic mass is 15.2. The maximum atomic E-state index is 2.56. The number of hydrogen-bond acceptors (Lipinski definition) is 2. The smallest absolute Gasteiger partial charge is 0.00791 e. The molecule has 0 radical (unpaired) electrons. The molecule has 0 aliphatic carbocycles. The first-order valence-corrected chi connectivity index (χ1v) is 4.59. The topological polar surface area (TPSA) is 6.48 Å². The molecule has 0 saturated carbocycles. The van der Waals surface area contributed by atoms with E-state index in [0.29, 0.717) is 0 Å². The van der Waals surface area contributed by atoms with Crippen LogP contribution in [-0.2, 0) is 0 Å². The molecule has 0 aromatic carbocycles. The van der Waals surface area contributed by atoms with E-state index in [0.717, 1.165) is 6.04 Å². The van der Waals surface area contributed by atoms with Gasteiger partial charge in [0.05, 0.1) is 0 Å². The van der Waals surface area contributed by atoms with Crippen molar-refractivity contribution < 1.29 is 0 Å². The molecule has 66 valence electrons. The molecule has 1 aliphatic heterocycles. The molecule has 1 heterocycles. The second-order valence-corrected chi connectivity index (χ2v) is 3.83. The first-order chi connectivity index (χ1) is 5.20. The van der Waals surface area contributed by atoms with Gasteiger partial charge in [0.25, 0.3) is 0 Å². The van der Waals surface area contributed by atoms with Gasteiger partial charge in [0, 0.05) is 6.04 Å². The van der Waals surface area contributed by atoms with Gasteiger partial charge in [-0.2, -0.15) is 0 Å². The Labute approximate surface area is 70.2 Å². The van der Waals surface area contributed by atoms with Crippen molar-refractivity contribution >= 4 is 0 Å². The zero-order valence-corrected chi connectivity index (χ0v) is 8.01. The Bertz CT molecular complexity index is 108. The molecule has 1 aliphatic rings. The monoisotopic (exact) mass is 156 g/mol. The van der Waals surface area contributed by atoms with Gasteiger partial charge in [0.15, 0.2) is 0 Å². The Hall–Kier alpha value is -0.0800. The standard InChI is InChI=1S/C9H20N2/c1-9(5-8-10(2)3)11-6-4-7-11/h9H,4-8H2,1-3H3. The highest BCUT2D eigenvalue weighted by molar-refractivity contribution is 4.75. The van der Waals surface area contributed by atoms with Crippen LogP contribution < -0.4 is 0 Å². The van der Waals surface area contributed by atoms with E-state index in [1.165, 1.54) is 32.5 Å². The Balaban J connectivity index is 2.05. The van der Waals surface area contributed by atoms with E-state index < -0.39 is 0 Å². The summed E-state index contributed by atoms with van der Waals surface area (Å²) < 4.78 is 0. The SMILES string of the molecule is CC(CCN(C)C)N1CCC1. The Morgan fingerprint density at radius 1 is 1.36 bits per heavy atom. The van der Waals surface area contributed by atoms with E-state index >= 15 is 0 Å². The maximum absolute atomic E-state index is 2.56. The fraction of sp³-hybridized carbons (Fsp3) is 1.00. The van der Waals surface area contributed by atoms with Gasteiger partial charge in [-0.25, -0.2) is 0 Å². The molecule has 1 fully saturated rings. The largest absolute Gasteiger partial charge is 0.309 e. The summed E-state index contributed by atoms with van der Waals surface area (Å²) in [5, 5.41) is 0. The van der Waals surface area contributed by atoms with Crippen LogP contribution in [0.3, 0.4) is 0 Å². The molecule has 1 rings (SSSR count). The summed E-state index contributed by atoms with van der Waals surface area (Å²) in [6, 6.07) is 0.797. The second-order valence-electron chi connectivity index (χ2n) is 3.83. The van der Waals surface area contributed by atoms with Crippen molar-refractivity contribution in [2.24, 2.45) is 0 Å². The first kappa shape index (κ1) is 9.01. The van der Waals surface area contributed by atoms with Crippen molar-refractivity contribution in [3.63, 3.8) is 0 Å². The summed E-state index contributed by atoms with van der Waals surface area (Å²) in [5.41, 5.74) is 0. The molecule has 0 amide bonds. The van der Waals surface area contributed by atoms with Crippen molar-refractivity contribution in [1.82, 2.24) is 9.80 Å². The van der Waals surface area contributed by atoms with Crippen molar-refractivity contribution in [1.29, 1.82) is 0 Å². The van der Waals surface area contributed by atoms with Crippen LogP contribution in [0.1, 0.15) is 19.8 Å². The Morgan fingerprint density at radius 3 is 2.36 bits per heavy atom. The van der Waals surface area contributed by atoms with E-state index in [2.05, 4.69) is 30.8 Å². The van der Waals surface area contributed by atoms with Crippen LogP contribution in [0.2, 0.25) is 0 Å². The van der Waals surface area contributed by atoms with Crippen LogP contribution in [0.4, 0.5) is 0 Å². The van der Waals surface area contributed by atoms with Gasteiger partial charge in [0.1, 0.15) is 0 Å². The molecular weight excluding hydrogens is 136 g/mol. The maximum Gasteiger partial charge on any atom is 0.00791 e. The van der Waals surface area contributed by atoms with Gasteiger partial charge < -0.3 is 9.80 Å². The van der Waals surface area contributed by atoms with Gasteiger partial charge in [-0.1, -0.05) is 0 Å². The summed E-state index contributed by atoms with van der Waals surface area (Å²) in [5.74, 6) is 0. The molecular formula is C9H20N2. The third-order valence-corrected chi connectivity index (χ3v) is 2.51. The van der Waals surface area contributed by atoms with E-state index in [9.17, 15) is 0 Å². The number of rotatable bonds is 4. The molecule has 0 aromatic heterocycles. The summed E-state index contributed by atoms with van der Waals surface area (Å²) >= 11 is 0. The Morgan fingerprint density at radius 2 is 2.00 bits per heavy atom. The lowest BCUT2D eigenvalue weighted by atomic mass is 10.1. The van der Waals surface area contributed by atoms with E-state index in [4.69, 9.17) is 0 Å². The molecule has 0 N–H and O–H groups in total. The van der Waals surface area contributed by atoms with Gasteiger partial charge in [-0.05, 0) is 53.5 Å². The molecule has 2 heteroatoms. The summed E-state index contributed by atoms with van der Waals surface area (Å²) in [7, 11) is 4.28. The van der Waals surface area contributed by atoms with Gasteiger partial charge in [-0.15, -0.1) is 0 Å². The van der Waals surface area contributed by atoms with Gasteiger partial charge >= 0.3 is 0 Å². The molecule has 1 atom stereocenters. The zero-order chi connectivity index (χ0) is 8.27. The number of nitrogens with zero attached hydrogens (tertiary/aromatic N) is 2. The first-order valence-electron chi connectivity index (χ1n) is 4.59. The minimum absolute atomic E-state index is 0.797. The average Bonchev–Trinajstić information content (AvgIpc) is 1.79. The molecule has 0 spiro atoms. The summed E-state index contributed by atoms with van der Waals surface area (Å²) in [4.78, 5) is 4.82. The van der Waals surface area contributed by atoms with Crippen LogP contribution >= 0.6 is 0 Å². The van der Waals surface area contributed by atoms with Crippen LogP contribution in [0, 0.1) is 0 Å². The second kappa shape index (κ2) is 4.07. The van der Waals surface area contributed by atoms with Crippen LogP contribution in [0.5, 0.6) is 0 Å². The summed E-state index contributed by atoms with van der Waals surface area (Å²) in [6.07, 6.45) is 2.72. The van der Waals surface area contributed by atoms with Gasteiger partial charge in [-0.3, -0.25) is 0 Å². The van der Waals surface area contributed by atoms with Crippen LogP contribution in [0.25, 0.3) is 0 Å². The number of likely N-dealkylation sites (tertiary alicyclic amines) is 1. The number of hydrogen-bond donors (Lipinski definition) is 0. The third-order valence-electron chi connectivity index (χ3n) is 2.51. The highest BCUT2D eigenvalue weighted by Crippen LogP contribution is 2.12. The van der Waals surface area contributed by atoms with Crippen molar-refractivity contribution in [2.75, 3.05) is 33.7 Å². The van der Waals surface area contributed by atoms with Crippen molar-refractivity contribution in [3.05, 3.63) is 0 Å². The Kier molecular flexibility index (Phi) is 3.34. The average molecular weight is 156 g/mol. The van der Waals surface area contributed by atoms with Crippen molar-refractivity contribution in [2.45, 2.75) is 25.8 Å². The van der Waals surface area contributed by atoms with Gasteiger partial charge in [0.2, 0.25) is 0 Å². The van der Waals surface area contributed by atoms with E-state index in [-0.39, 0.29) is 0 Å². The minimum Gasteiger partial charge on any atom is -0.309 e. The van der Waals surface area contributed by atoms with Crippen LogP contribution in [-0.4, -0.2) is 49.6 Å². The molecule has 11 heavy (non-hydrogen) atoms. The van der Waals surface area contributed by atoms with E-state index in [1.54, 1.807) is 0 Å². The molecule has 0 aromatic rings. The highest BCUT2D eigenvalue weighted by Gasteiger charge is 2.19. The predicted octanol–water partition coefficient (Wildman–Crippen LogP) is 1.03. The summed E-state index contributed by atoms with van der Waals surface area (Å²) in [6.45, 7) is 6.21. The quantitative estimate of drug-likeness (QED) is 0.600.